The lowest BCUT2D eigenvalue weighted by molar-refractivity contribution is 0.793. The largest absolute Gasteiger partial charge is 0.357 e. The number of thioether (sulfide) groups is 1. The number of pyridine rings is 1. The first-order valence-corrected chi connectivity index (χ1v) is 10.2. The summed E-state index contributed by atoms with van der Waals surface area (Å²) in [4.78, 5) is 13.0. The van der Waals surface area contributed by atoms with E-state index in [9.17, 15) is 0 Å². The molecule has 0 bridgehead atoms. The van der Waals surface area contributed by atoms with Gasteiger partial charge in [-0.2, -0.15) is 0 Å². The number of halogens is 1. The molecule has 0 amide bonds. The first-order valence-electron chi connectivity index (χ1n) is 7.93. The molecule has 0 unspecified atom stereocenters. The zero-order chi connectivity index (χ0) is 17.0. The second-order valence-corrected chi connectivity index (χ2v) is 7.55. The lowest BCUT2D eigenvalue weighted by atomic mass is 10.2. The molecule has 2 N–H and O–H groups in total. The molecule has 2 heterocycles. The molecule has 0 aliphatic carbocycles. The molecule has 2 aromatic rings. The number of hydrogen-bond acceptors (Lipinski definition) is 5. The van der Waals surface area contributed by atoms with Gasteiger partial charge in [0.25, 0.3) is 0 Å². The Morgan fingerprint density at radius 2 is 2.25 bits per heavy atom. The average molecular weight is 384 g/mol. The minimum Gasteiger partial charge on any atom is -0.357 e. The fourth-order valence-corrected chi connectivity index (χ4v) is 3.66. The number of thiazole rings is 1. The van der Waals surface area contributed by atoms with Gasteiger partial charge in [0, 0.05) is 43.2 Å². The summed E-state index contributed by atoms with van der Waals surface area (Å²) < 4.78 is 1.13. The first-order chi connectivity index (χ1) is 11.8. The van der Waals surface area contributed by atoms with Gasteiger partial charge in [-0.1, -0.05) is 29.4 Å². The highest BCUT2D eigenvalue weighted by Crippen LogP contribution is 2.20. The number of rotatable bonds is 9. The summed E-state index contributed by atoms with van der Waals surface area (Å²) >= 11 is 9.26. The van der Waals surface area contributed by atoms with Crippen molar-refractivity contribution in [3.8, 4) is 0 Å². The molecule has 0 spiro atoms. The van der Waals surface area contributed by atoms with E-state index in [0.29, 0.717) is 5.15 Å². The highest BCUT2D eigenvalue weighted by molar-refractivity contribution is 8.00. The highest BCUT2D eigenvalue weighted by Gasteiger charge is 1.99. The van der Waals surface area contributed by atoms with Gasteiger partial charge in [-0.3, -0.25) is 4.99 Å². The Balaban J connectivity index is 1.66. The van der Waals surface area contributed by atoms with Crippen molar-refractivity contribution in [2.24, 2.45) is 4.99 Å². The number of nitrogens with zero attached hydrogens (tertiary/aromatic N) is 3. The fourth-order valence-electron chi connectivity index (χ4n) is 1.92. The van der Waals surface area contributed by atoms with E-state index in [2.05, 4.69) is 32.5 Å². The molecule has 0 fully saturated rings. The van der Waals surface area contributed by atoms with Crippen LogP contribution in [0, 0.1) is 0 Å². The predicted octanol–water partition coefficient (Wildman–Crippen LogP) is 3.47. The lowest BCUT2D eigenvalue weighted by Gasteiger charge is -2.11. The molecule has 8 heteroatoms. The van der Waals surface area contributed by atoms with Crippen molar-refractivity contribution in [1.82, 2.24) is 20.6 Å². The smallest absolute Gasteiger partial charge is 0.191 e. The van der Waals surface area contributed by atoms with Crippen LogP contribution >= 0.6 is 34.7 Å². The van der Waals surface area contributed by atoms with Crippen LogP contribution in [0.4, 0.5) is 0 Å². The van der Waals surface area contributed by atoms with Crippen LogP contribution in [0.3, 0.4) is 0 Å². The van der Waals surface area contributed by atoms with Gasteiger partial charge in [0.05, 0.1) is 0 Å². The van der Waals surface area contributed by atoms with Gasteiger partial charge in [-0.25, -0.2) is 9.97 Å². The third kappa shape index (κ3) is 7.51. The molecule has 5 nitrogen and oxygen atoms in total. The van der Waals surface area contributed by atoms with Crippen LogP contribution in [0.1, 0.15) is 18.9 Å². The monoisotopic (exact) mass is 383 g/mol. The second kappa shape index (κ2) is 11.3. The predicted molar refractivity (Wildman–Crippen MR) is 104 cm³/mol. The van der Waals surface area contributed by atoms with Crippen molar-refractivity contribution in [3.05, 3.63) is 40.6 Å². The van der Waals surface area contributed by atoms with Crippen molar-refractivity contribution in [2.45, 2.75) is 24.1 Å². The van der Waals surface area contributed by atoms with E-state index in [0.717, 1.165) is 54.1 Å². The molecule has 0 aromatic carbocycles. The topological polar surface area (TPSA) is 62.2 Å². The molecule has 0 saturated carbocycles. The molecular formula is C16H22ClN5S2. The van der Waals surface area contributed by atoms with Crippen LogP contribution in [0.25, 0.3) is 0 Å². The van der Waals surface area contributed by atoms with Crippen LogP contribution in [0.15, 0.2) is 39.2 Å². The Labute approximate surface area is 156 Å². The molecule has 2 rings (SSSR count). The summed E-state index contributed by atoms with van der Waals surface area (Å²) in [6.07, 6.45) is 5.56. The van der Waals surface area contributed by atoms with Gasteiger partial charge < -0.3 is 10.6 Å². The Kier molecular flexibility index (Phi) is 8.94. The Hall–Kier alpha value is -1.31. The number of nitrogens with one attached hydrogen (secondary N) is 2. The van der Waals surface area contributed by atoms with Crippen molar-refractivity contribution in [2.75, 3.05) is 25.4 Å². The summed E-state index contributed by atoms with van der Waals surface area (Å²) in [5, 5.41) is 9.15. The number of aromatic nitrogens is 2. The molecule has 24 heavy (non-hydrogen) atoms. The quantitative estimate of drug-likeness (QED) is 0.228. The van der Waals surface area contributed by atoms with E-state index in [1.54, 1.807) is 23.1 Å². The van der Waals surface area contributed by atoms with E-state index in [-0.39, 0.29) is 0 Å². The zero-order valence-corrected chi connectivity index (χ0v) is 16.1. The summed E-state index contributed by atoms with van der Waals surface area (Å²) in [6.45, 7) is 4.53. The summed E-state index contributed by atoms with van der Waals surface area (Å²) in [7, 11) is 0. The van der Waals surface area contributed by atoms with E-state index in [1.807, 2.05) is 29.9 Å². The Bertz CT molecular complexity index is 601. The van der Waals surface area contributed by atoms with E-state index < -0.39 is 0 Å². The second-order valence-electron chi connectivity index (χ2n) is 4.93. The third-order valence-corrected chi connectivity index (χ3v) is 5.32. The first kappa shape index (κ1) is 19.0. The molecule has 0 atom stereocenters. The van der Waals surface area contributed by atoms with E-state index in [4.69, 9.17) is 11.6 Å². The van der Waals surface area contributed by atoms with Gasteiger partial charge >= 0.3 is 0 Å². The van der Waals surface area contributed by atoms with Crippen molar-refractivity contribution >= 4 is 40.7 Å². The number of aliphatic imine (C=N–C) groups is 1. The van der Waals surface area contributed by atoms with Gasteiger partial charge in [0.1, 0.15) is 9.49 Å². The zero-order valence-electron chi connectivity index (χ0n) is 13.7. The molecule has 0 aliphatic heterocycles. The highest BCUT2D eigenvalue weighted by atomic mass is 35.5. The average Bonchev–Trinajstić information content (AvgIpc) is 3.10. The molecule has 0 saturated heterocycles. The van der Waals surface area contributed by atoms with Gasteiger partial charge in [0.2, 0.25) is 0 Å². The van der Waals surface area contributed by atoms with E-state index >= 15 is 0 Å². The summed E-state index contributed by atoms with van der Waals surface area (Å²) in [5.41, 5.74) is 1.16. The minimum atomic E-state index is 0.525. The van der Waals surface area contributed by atoms with E-state index in [1.165, 1.54) is 0 Å². The molecule has 130 valence electrons. The van der Waals surface area contributed by atoms with Gasteiger partial charge in [0.15, 0.2) is 5.96 Å². The molecule has 0 radical (unpaired) electrons. The van der Waals surface area contributed by atoms with Crippen molar-refractivity contribution in [1.29, 1.82) is 0 Å². The molecule has 2 aromatic heterocycles. The standard InChI is InChI=1S/C16H22ClN5S2/c1-2-18-15(19-7-3-10-23-16-21-9-11-24-16)20-8-6-13-4-5-14(17)22-12-13/h4-5,9,11-12H,2-3,6-8,10H2,1H3,(H2,18,19,20). The SMILES string of the molecule is CCNC(=NCCCSc1nccs1)NCCc1ccc(Cl)nc1. The normalized spacial score (nSPS) is 11.5. The van der Waals surface area contributed by atoms with Crippen LogP contribution in [0.5, 0.6) is 0 Å². The Morgan fingerprint density at radius 3 is 2.96 bits per heavy atom. The lowest BCUT2D eigenvalue weighted by Crippen LogP contribution is -2.38. The van der Waals surface area contributed by atoms with Crippen LogP contribution in [-0.4, -0.2) is 41.3 Å². The maximum Gasteiger partial charge on any atom is 0.191 e. The van der Waals surface area contributed by atoms with Crippen molar-refractivity contribution < 1.29 is 0 Å². The van der Waals surface area contributed by atoms with Gasteiger partial charge in [-0.05, 0) is 31.4 Å². The van der Waals surface area contributed by atoms with Crippen LogP contribution < -0.4 is 10.6 Å². The summed E-state index contributed by atoms with van der Waals surface area (Å²) in [6, 6.07) is 3.81. The van der Waals surface area contributed by atoms with Crippen LogP contribution in [0.2, 0.25) is 5.15 Å². The molecular weight excluding hydrogens is 362 g/mol. The molecule has 0 aliphatic rings. The number of guanidine groups is 1. The van der Waals surface area contributed by atoms with Crippen LogP contribution in [-0.2, 0) is 6.42 Å². The maximum absolute atomic E-state index is 5.79. The third-order valence-electron chi connectivity index (χ3n) is 3.05. The minimum absolute atomic E-state index is 0.525. The Morgan fingerprint density at radius 1 is 1.33 bits per heavy atom. The number of hydrogen-bond donors (Lipinski definition) is 2. The maximum atomic E-state index is 5.79. The summed E-state index contributed by atoms with van der Waals surface area (Å²) in [5.74, 6) is 1.89. The van der Waals surface area contributed by atoms with Gasteiger partial charge in [-0.15, -0.1) is 11.3 Å². The fraction of sp³-hybridized carbons (Fsp3) is 0.438. The van der Waals surface area contributed by atoms with Crippen molar-refractivity contribution in [3.63, 3.8) is 0 Å².